The molecule has 1 aromatic carbocycles. The molecule has 0 saturated heterocycles. The molecule has 0 aliphatic heterocycles. The van der Waals surface area contributed by atoms with Gasteiger partial charge in [-0.15, -0.1) is 0 Å². The Balaban J connectivity index is 3.16. The summed E-state index contributed by atoms with van der Waals surface area (Å²) >= 11 is 5.75. The molecule has 2 nitrogen and oxygen atoms in total. The molecule has 94 valence electrons. The molecule has 17 heavy (non-hydrogen) atoms. The summed E-state index contributed by atoms with van der Waals surface area (Å²) in [5.74, 6) is -4.82. The van der Waals surface area contributed by atoms with E-state index in [4.69, 9.17) is 16.7 Å². The summed E-state index contributed by atoms with van der Waals surface area (Å²) in [6.07, 6.45) is 0.0364. The summed E-state index contributed by atoms with van der Waals surface area (Å²) in [6, 6.07) is 4.41. The molecule has 1 unspecified atom stereocenters. The Hall–Kier alpha value is -1.16. The Bertz CT molecular complexity index is 427. The normalized spacial score (nSPS) is 13.5. The van der Waals surface area contributed by atoms with Crippen molar-refractivity contribution in [2.45, 2.75) is 26.2 Å². The summed E-state index contributed by atoms with van der Waals surface area (Å²) in [5.41, 5.74) is -0.00494. The van der Waals surface area contributed by atoms with Gasteiger partial charge in [0.2, 0.25) is 0 Å². The Morgan fingerprint density at radius 1 is 1.53 bits per heavy atom. The minimum Gasteiger partial charge on any atom is -0.481 e. The number of alkyl halides is 2. The van der Waals surface area contributed by atoms with Gasteiger partial charge in [0.25, 0.3) is 5.92 Å². The second kappa shape index (κ2) is 5.00. The van der Waals surface area contributed by atoms with Gasteiger partial charge in [-0.2, -0.15) is 0 Å². The van der Waals surface area contributed by atoms with Crippen LogP contribution in [0.15, 0.2) is 18.2 Å². The highest BCUT2D eigenvalue weighted by atomic mass is 35.5. The summed E-state index contributed by atoms with van der Waals surface area (Å²) in [4.78, 5) is 10.7. The average Bonchev–Trinajstić information content (AvgIpc) is 2.15. The smallest absolute Gasteiger partial charge is 0.306 e. The van der Waals surface area contributed by atoms with E-state index in [9.17, 15) is 13.6 Å². The van der Waals surface area contributed by atoms with Crippen LogP contribution in [0.5, 0.6) is 0 Å². The lowest BCUT2D eigenvalue weighted by molar-refractivity contribution is -0.141. The fourth-order valence-corrected chi connectivity index (χ4v) is 2.01. The monoisotopic (exact) mass is 262 g/mol. The van der Waals surface area contributed by atoms with Crippen LogP contribution in [-0.4, -0.2) is 11.1 Å². The third-order valence-electron chi connectivity index (χ3n) is 2.49. The molecule has 0 aliphatic carbocycles. The largest absolute Gasteiger partial charge is 0.481 e. The van der Waals surface area contributed by atoms with E-state index >= 15 is 0 Å². The molecule has 1 N–H and O–H groups in total. The first-order valence-corrected chi connectivity index (χ1v) is 5.49. The predicted molar refractivity (Wildman–Crippen MR) is 61.5 cm³/mol. The van der Waals surface area contributed by atoms with Crippen LogP contribution in [0.2, 0.25) is 5.02 Å². The van der Waals surface area contributed by atoms with Crippen LogP contribution in [0.25, 0.3) is 0 Å². The van der Waals surface area contributed by atoms with Gasteiger partial charge < -0.3 is 5.11 Å². The molecule has 1 aromatic rings. The Labute approximate surface area is 103 Å². The van der Waals surface area contributed by atoms with E-state index in [1.165, 1.54) is 19.1 Å². The van der Waals surface area contributed by atoms with E-state index in [1.54, 1.807) is 6.07 Å². The van der Waals surface area contributed by atoms with E-state index in [-0.39, 0.29) is 22.6 Å². The Morgan fingerprint density at radius 2 is 2.12 bits per heavy atom. The predicted octanol–water partition coefficient (Wildman–Crippen LogP) is 3.71. The molecule has 0 saturated carbocycles. The van der Waals surface area contributed by atoms with Gasteiger partial charge in [0.05, 0.1) is 10.9 Å². The zero-order valence-corrected chi connectivity index (χ0v) is 10.3. The van der Waals surface area contributed by atoms with E-state index in [0.29, 0.717) is 0 Å². The summed E-state index contributed by atoms with van der Waals surface area (Å²) in [5, 5.41) is 8.75. The van der Waals surface area contributed by atoms with Gasteiger partial charge in [-0.1, -0.05) is 30.7 Å². The zero-order chi connectivity index (χ0) is 13.2. The van der Waals surface area contributed by atoms with Gasteiger partial charge in [-0.05, 0) is 18.1 Å². The zero-order valence-electron chi connectivity index (χ0n) is 9.51. The van der Waals surface area contributed by atoms with Crippen molar-refractivity contribution in [1.82, 2.24) is 0 Å². The van der Waals surface area contributed by atoms with Crippen LogP contribution in [0.4, 0.5) is 8.78 Å². The highest BCUT2D eigenvalue weighted by molar-refractivity contribution is 6.31. The highest BCUT2D eigenvalue weighted by Crippen LogP contribution is 2.36. The lowest BCUT2D eigenvalue weighted by Gasteiger charge is -2.18. The van der Waals surface area contributed by atoms with Crippen molar-refractivity contribution in [3.05, 3.63) is 34.3 Å². The Morgan fingerprint density at radius 3 is 2.59 bits per heavy atom. The minimum absolute atomic E-state index is 0.0346. The summed E-state index contributed by atoms with van der Waals surface area (Å²) in [6.45, 7) is 2.23. The van der Waals surface area contributed by atoms with Gasteiger partial charge in [0.15, 0.2) is 0 Å². The quantitative estimate of drug-likeness (QED) is 0.898. The van der Waals surface area contributed by atoms with Gasteiger partial charge >= 0.3 is 5.97 Å². The standard InChI is InChI=1S/C12H13ClF2O2/c1-7(11(16)17)6-8-4-3-5-9(13)10(8)12(2,14)15/h3-5,7H,6H2,1-2H3,(H,16,17). The van der Waals surface area contributed by atoms with Crippen LogP contribution >= 0.6 is 11.6 Å². The molecule has 0 heterocycles. The summed E-state index contributed by atoms with van der Waals surface area (Å²) in [7, 11) is 0. The fraction of sp³-hybridized carbons (Fsp3) is 0.417. The van der Waals surface area contributed by atoms with Crippen LogP contribution in [0.1, 0.15) is 25.0 Å². The van der Waals surface area contributed by atoms with E-state index < -0.39 is 17.8 Å². The molecule has 1 rings (SSSR count). The number of carbonyl (C=O) groups is 1. The maximum absolute atomic E-state index is 13.4. The van der Waals surface area contributed by atoms with E-state index in [0.717, 1.165) is 6.92 Å². The molecule has 0 radical (unpaired) electrons. The first-order valence-electron chi connectivity index (χ1n) is 5.12. The fourth-order valence-electron chi connectivity index (χ4n) is 1.65. The highest BCUT2D eigenvalue weighted by Gasteiger charge is 2.31. The van der Waals surface area contributed by atoms with Gasteiger partial charge in [0, 0.05) is 12.5 Å². The molecule has 0 aromatic heterocycles. The van der Waals surface area contributed by atoms with E-state index in [2.05, 4.69) is 0 Å². The second-order valence-corrected chi connectivity index (χ2v) is 4.51. The first-order chi connectivity index (χ1) is 7.73. The first kappa shape index (κ1) is 13.9. The minimum atomic E-state index is -3.08. The molecular formula is C12H13ClF2O2. The SMILES string of the molecule is CC(Cc1cccc(Cl)c1C(C)(F)F)C(=O)O. The third kappa shape index (κ3) is 3.40. The molecule has 0 spiro atoms. The van der Waals surface area contributed by atoms with Crippen molar-refractivity contribution >= 4 is 17.6 Å². The lowest BCUT2D eigenvalue weighted by Crippen LogP contribution is -2.17. The molecule has 1 atom stereocenters. The van der Waals surface area contributed by atoms with Crippen molar-refractivity contribution in [1.29, 1.82) is 0 Å². The van der Waals surface area contributed by atoms with E-state index in [1.807, 2.05) is 0 Å². The maximum atomic E-state index is 13.4. The molecule has 0 aliphatic rings. The molecular weight excluding hydrogens is 250 g/mol. The Kier molecular flexibility index (Phi) is 4.09. The number of hydrogen-bond donors (Lipinski definition) is 1. The molecule has 0 amide bonds. The van der Waals surface area contributed by atoms with Gasteiger partial charge in [0.1, 0.15) is 0 Å². The number of benzene rings is 1. The van der Waals surface area contributed by atoms with Gasteiger partial charge in [-0.3, -0.25) is 4.79 Å². The number of aliphatic carboxylic acids is 1. The van der Waals surface area contributed by atoms with Crippen molar-refractivity contribution in [2.24, 2.45) is 5.92 Å². The van der Waals surface area contributed by atoms with Crippen molar-refractivity contribution in [3.63, 3.8) is 0 Å². The van der Waals surface area contributed by atoms with Crippen molar-refractivity contribution in [2.75, 3.05) is 0 Å². The van der Waals surface area contributed by atoms with Crippen LogP contribution in [-0.2, 0) is 17.1 Å². The molecule has 5 heteroatoms. The number of rotatable bonds is 4. The lowest BCUT2D eigenvalue weighted by atomic mass is 9.94. The number of hydrogen-bond acceptors (Lipinski definition) is 1. The number of carboxylic acids is 1. The van der Waals surface area contributed by atoms with Crippen LogP contribution < -0.4 is 0 Å². The molecule has 0 fully saturated rings. The number of halogens is 3. The second-order valence-electron chi connectivity index (χ2n) is 4.11. The van der Waals surface area contributed by atoms with Crippen molar-refractivity contribution < 1.29 is 18.7 Å². The van der Waals surface area contributed by atoms with Crippen molar-refractivity contribution in [3.8, 4) is 0 Å². The third-order valence-corrected chi connectivity index (χ3v) is 2.80. The average molecular weight is 263 g/mol. The molecule has 0 bridgehead atoms. The topological polar surface area (TPSA) is 37.3 Å². The maximum Gasteiger partial charge on any atom is 0.306 e. The number of carboxylic acid groups (broad SMARTS) is 1. The summed E-state index contributed by atoms with van der Waals surface area (Å²) < 4.78 is 26.8. The van der Waals surface area contributed by atoms with Crippen LogP contribution in [0, 0.1) is 5.92 Å². The van der Waals surface area contributed by atoms with Crippen LogP contribution in [0.3, 0.4) is 0 Å². The van der Waals surface area contributed by atoms with Gasteiger partial charge in [-0.25, -0.2) is 8.78 Å².